The second-order valence-electron chi connectivity index (χ2n) is 8.84. The summed E-state index contributed by atoms with van der Waals surface area (Å²) in [6.45, 7) is 5.44. The molecule has 0 saturated heterocycles. The number of fused-ring (bicyclic) bond motifs is 1. The van der Waals surface area contributed by atoms with Crippen molar-refractivity contribution in [1.29, 1.82) is 0 Å². The molecule has 190 valence electrons. The maximum absolute atomic E-state index is 12.6. The minimum Gasteiger partial charge on any atom is -0.492 e. The highest BCUT2D eigenvalue weighted by Crippen LogP contribution is 2.26. The summed E-state index contributed by atoms with van der Waals surface area (Å²) in [5.74, 6) is 1.08. The molecule has 0 aliphatic heterocycles. The van der Waals surface area contributed by atoms with Gasteiger partial charge in [0.2, 0.25) is 0 Å². The molecule has 36 heavy (non-hydrogen) atoms. The highest BCUT2D eigenvalue weighted by atomic mass is 32.2. The molecule has 0 fully saturated rings. The van der Waals surface area contributed by atoms with Crippen LogP contribution in [0.1, 0.15) is 37.1 Å². The van der Waals surface area contributed by atoms with E-state index in [2.05, 4.69) is 34.1 Å². The molecule has 0 unspecified atom stereocenters. The Bertz CT molecular complexity index is 1440. The number of benzene rings is 3. The molecule has 1 aromatic heterocycles. The molecule has 0 saturated carbocycles. The minimum atomic E-state index is -3.80. The standard InChI is InChI=1S/C26H31N5O4S/c1-17(2)26-23-10-9-21(15-24(23)29-30-26)35-12-11-28-16-25(32)18-5-3-7-20(13-18)31-36(33,34)22-8-4-6-19(27)14-22/h3-10,13-15,17,25,28,31-32H,11-12,16,27H2,1-2H3,(H,29,30)/t25-/m0/s1. The highest BCUT2D eigenvalue weighted by molar-refractivity contribution is 7.92. The molecular weight excluding hydrogens is 478 g/mol. The molecule has 4 rings (SSSR count). The Morgan fingerprint density at radius 2 is 1.89 bits per heavy atom. The van der Waals surface area contributed by atoms with Crippen molar-refractivity contribution in [1.82, 2.24) is 15.5 Å². The van der Waals surface area contributed by atoms with Gasteiger partial charge in [-0.05, 0) is 53.9 Å². The van der Waals surface area contributed by atoms with Gasteiger partial charge >= 0.3 is 0 Å². The van der Waals surface area contributed by atoms with E-state index in [-0.39, 0.29) is 11.4 Å². The molecule has 6 N–H and O–H groups in total. The molecule has 0 aliphatic carbocycles. The van der Waals surface area contributed by atoms with Crippen LogP contribution in [0, 0.1) is 0 Å². The van der Waals surface area contributed by atoms with Crippen LogP contribution in [0.5, 0.6) is 5.75 Å². The van der Waals surface area contributed by atoms with Gasteiger partial charge in [0.1, 0.15) is 12.4 Å². The van der Waals surface area contributed by atoms with E-state index in [1.54, 1.807) is 36.4 Å². The fourth-order valence-corrected chi connectivity index (χ4v) is 4.96. The third-order valence-corrected chi connectivity index (χ3v) is 7.07. The van der Waals surface area contributed by atoms with Gasteiger partial charge in [-0.15, -0.1) is 0 Å². The zero-order valence-electron chi connectivity index (χ0n) is 20.2. The second kappa shape index (κ2) is 11.0. The lowest BCUT2D eigenvalue weighted by atomic mass is 10.1. The molecular formula is C26H31N5O4S. The summed E-state index contributed by atoms with van der Waals surface area (Å²) in [5.41, 5.74) is 8.97. The first-order valence-corrected chi connectivity index (χ1v) is 13.2. The first-order chi connectivity index (χ1) is 17.2. The van der Waals surface area contributed by atoms with Gasteiger partial charge < -0.3 is 20.9 Å². The third-order valence-electron chi connectivity index (χ3n) is 5.69. The third kappa shape index (κ3) is 6.14. The number of hydrogen-bond acceptors (Lipinski definition) is 7. The van der Waals surface area contributed by atoms with Crippen LogP contribution in [-0.4, -0.2) is 43.4 Å². The summed E-state index contributed by atoms with van der Waals surface area (Å²) in [5, 5.41) is 22.2. The lowest BCUT2D eigenvalue weighted by Gasteiger charge is -2.15. The summed E-state index contributed by atoms with van der Waals surface area (Å²) in [6.07, 6.45) is -0.822. The van der Waals surface area contributed by atoms with E-state index >= 15 is 0 Å². The highest BCUT2D eigenvalue weighted by Gasteiger charge is 2.16. The number of aromatic amines is 1. The summed E-state index contributed by atoms with van der Waals surface area (Å²) in [4.78, 5) is 0.0714. The Kier molecular flexibility index (Phi) is 7.78. The quantitative estimate of drug-likeness (QED) is 0.153. The first-order valence-electron chi connectivity index (χ1n) is 11.7. The van der Waals surface area contributed by atoms with Crippen molar-refractivity contribution in [2.45, 2.75) is 30.8 Å². The maximum Gasteiger partial charge on any atom is 0.261 e. The van der Waals surface area contributed by atoms with E-state index in [9.17, 15) is 13.5 Å². The topological polar surface area (TPSA) is 142 Å². The van der Waals surface area contributed by atoms with E-state index in [1.165, 1.54) is 12.1 Å². The van der Waals surface area contributed by atoms with Crippen molar-refractivity contribution in [3.63, 3.8) is 0 Å². The number of nitrogens with one attached hydrogen (secondary N) is 3. The number of nitrogens with two attached hydrogens (primary N) is 1. The number of anilines is 2. The van der Waals surface area contributed by atoms with Gasteiger partial charge in [0.05, 0.1) is 22.2 Å². The van der Waals surface area contributed by atoms with Crippen molar-refractivity contribution in [2.75, 3.05) is 30.2 Å². The number of sulfonamides is 1. The molecule has 0 aliphatic rings. The first kappa shape index (κ1) is 25.5. The number of nitrogens with zero attached hydrogens (tertiary/aromatic N) is 1. The summed E-state index contributed by atoms with van der Waals surface area (Å²) in [6, 6.07) is 18.6. The van der Waals surface area contributed by atoms with Crippen LogP contribution in [0.4, 0.5) is 11.4 Å². The zero-order chi connectivity index (χ0) is 25.7. The Balaban J connectivity index is 1.27. The van der Waals surface area contributed by atoms with Gasteiger partial charge in [0.25, 0.3) is 10.0 Å². The van der Waals surface area contributed by atoms with Crippen molar-refractivity contribution in [3.05, 3.63) is 78.0 Å². The van der Waals surface area contributed by atoms with Crippen LogP contribution in [-0.2, 0) is 10.0 Å². The lowest BCUT2D eigenvalue weighted by molar-refractivity contribution is 0.172. The Morgan fingerprint density at radius 1 is 1.08 bits per heavy atom. The number of aliphatic hydroxyl groups excluding tert-OH is 1. The van der Waals surface area contributed by atoms with Gasteiger partial charge in [-0.3, -0.25) is 9.82 Å². The Hall–Kier alpha value is -3.60. The summed E-state index contributed by atoms with van der Waals surface area (Å²) >= 11 is 0. The van der Waals surface area contributed by atoms with Crippen molar-refractivity contribution >= 4 is 32.3 Å². The fraction of sp³-hybridized carbons (Fsp3) is 0.269. The lowest BCUT2D eigenvalue weighted by Crippen LogP contribution is -2.26. The monoisotopic (exact) mass is 509 g/mol. The zero-order valence-corrected chi connectivity index (χ0v) is 21.0. The molecule has 0 spiro atoms. The number of rotatable bonds is 11. The number of hydrogen-bond donors (Lipinski definition) is 5. The predicted molar refractivity (Wildman–Crippen MR) is 142 cm³/mol. The molecule has 0 amide bonds. The van der Waals surface area contributed by atoms with Gasteiger partial charge in [0, 0.05) is 35.9 Å². The molecule has 1 atom stereocenters. The number of H-pyrrole nitrogens is 1. The van der Waals surface area contributed by atoms with Crippen molar-refractivity contribution in [3.8, 4) is 5.75 Å². The summed E-state index contributed by atoms with van der Waals surface area (Å²) in [7, 11) is -3.80. The van der Waals surface area contributed by atoms with Crippen LogP contribution in [0.15, 0.2) is 71.6 Å². The van der Waals surface area contributed by atoms with Crippen LogP contribution >= 0.6 is 0 Å². The van der Waals surface area contributed by atoms with Crippen molar-refractivity contribution < 1.29 is 18.3 Å². The second-order valence-corrected chi connectivity index (χ2v) is 10.5. The Labute approximate surface area is 210 Å². The molecule has 1 heterocycles. The van der Waals surface area contributed by atoms with Gasteiger partial charge in [-0.25, -0.2) is 8.42 Å². The number of aliphatic hydroxyl groups is 1. The predicted octanol–water partition coefficient (Wildman–Crippen LogP) is 3.77. The van der Waals surface area contributed by atoms with Gasteiger partial charge in [-0.2, -0.15) is 5.10 Å². The average Bonchev–Trinajstić information content (AvgIpc) is 3.27. The van der Waals surface area contributed by atoms with Gasteiger partial charge in [-0.1, -0.05) is 32.0 Å². The Morgan fingerprint density at radius 3 is 2.67 bits per heavy atom. The van der Waals surface area contributed by atoms with E-state index in [0.717, 1.165) is 22.3 Å². The van der Waals surface area contributed by atoms with E-state index in [1.807, 2.05) is 18.2 Å². The van der Waals surface area contributed by atoms with Crippen LogP contribution in [0.25, 0.3) is 10.9 Å². The largest absolute Gasteiger partial charge is 0.492 e. The average molecular weight is 510 g/mol. The van der Waals surface area contributed by atoms with E-state index in [4.69, 9.17) is 10.5 Å². The maximum atomic E-state index is 12.6. The molecule has 9 nitrogen and oxygen atoms in total. The molecule has 0 bridgehead atoms. The van der Waals surface area contributed by atoms with Gasteiger partial charge in [0.15, 0.2) is 0 Å². The molecule has 3 aromatic carbocycles. The number of nitrogen functional groups attached to an aromatic ring is 1. The molecule has 10 heteroatoms. The number of ether oxygens (including phenoxy) is 1. The fourth-order valence-electron chi connectivity index (χ4n) is 3.85. The molecule has 4 aromatic rings. The van der Waals surface area contributed by atoms with Crippen LogP contribution in [0.2, 0.25) is 0 Å². The molecule has 0 radical (unpaired) electrons. The van der Waals surface area contributed by atoms with Crippen molar-refractivity contribution in [2.24, 2.45) is 0 Å². The van der Waals surface area contributed by atoms with Crippen LogP contribution < -0.4 is 20.5 Å². The van der Waals surface area contributed by atoms with E-state index < -0.39 is 16.1 Å². The summed E-state index contributed by atoms with van der Waals surface area (Å²) < 4.78 is 33.6. The minimum absolute atomic E-state index is 0.0714. The normalized spacial score (nSPS) is 12.7. The smallest absolute Gasteiger partial charge is 0.261 e. The van der Waals surface area contributed by atoms with Crippen LogP contribution in [0.3, 0.4) is 0 Å². The van der Waals surface area contributed by atoms with E-state index in [0.29, 0.717) is 36.0 Å². The number of aromatic nitrogens is 2. The SMILES string of the molecule is CC(C)c1n[nH]c2cc(OCCNC[C@H](O)c3cccc(NS(=O)(=O)c4cccc(N)c4)c3)ccc12.